The van der Waals surface area contributed by atoms with Crippen molar-refractivity contribution in [2.75, 3.05) is 11.2 Å². The summed E-state index contributed by atoms with van der Waals surface area (Å²) in [6, 6.07) is 7.38. The molecule has 0 bridgehead atoms. The van der Waals surface area contributed by atoms with E-state index in [9.17, 15) is 0 Å². The van der Waals surface area contributed by atoms with Crippen molar-refractivity contribution < 1.29 is 0 Å². The summed E-state index contributed by atoms with van der Waals surface area (Å²) in [6.07, 6.45) is 0. The summed E-state index contributed by atoms with van der Waals surface area (Å²) in [5.74, 6) is 6.29. The number of H-pyrrole nitrogens is 1. The number of nitrogens with one attached hydrogen (secondary N) is 2. The van der Waals surface area contributed by atoms with Crippen molar-refractivity contribution in [2.24, 2.45) is 0 Å². The first-order valence-corrected chi connectivity index (χ1v) is 5.36. The number of hydrogen-bond acceptors (Lipinski definition) is 4. The van der Waals surface area contributed by atoms with Gasteiger partial charge in [-0.25, -0.2) is 4.68 Å². The minimum Gasteiger partial charge on any atom is -0.378 e. The number of nitrogens with two attached hydrogens (primary N) is 1. The molecule has 0 saturated heterocycles. The number of hydrogen-bond donors (Lipinski definition) is 3. The van der Waals surface area contributed by atoms with Gasteiger partial charge in [0.05, 0.1) is 6.54 Å². The lowest BCUT2D eigenvalue weighted by Gasteiger charge is -2.05. The summed E-state index contributed by atoms with van der Waals surface area (Å²) in [6.45, 7) is 0.491. The Labute approximate surface area is 102 Å². The normalized spacial score (nSPS) is 10.3. The Bertz CT molecular complexity index is 530. The zero-order chi connectivity index (χ0) is 11.5. The second kappa shape index (κ2) is 4.54. The van der Waals surface area contributed by atoms with E-state index in [1.807, 2.05) is 24.3 Å². The van der Waals surface area contributed by atoms with Crippen molar-refractivity contribution in [1.29, 1.82) is 0 Å². The van der Waals surface area contributed by atoms with Gasteiger partial charge in [0.2, 0.25) is 4.77 Å². The van der Waals surface area contributed by atoms with E-state index in [4.69, 9.17) is 29.7 Å². The molecule has 16 heavy (non-hydrogen) atoms. The second-order valence-electron chi connectivity index (χ2n) is 3.18. The maximum Gasteiger partial charge on any atom is 0.214 e. The lowest BCUT2D eigenvalue weighted by molar-refractivity contribution is 0.856. The number of nitrogens with zero attached hydrogens (tertiary/aromatic N) is 2. The lowest BCUT2D eigenvalue weighted by Crippen LogP contribution is -2.15. The van der Waals surface area contributed by atoms with Gasteiger partial charge in [0, 0.05) is 10.7 Å². The standard InChI is InChI=1S/C9H10ClN5S/c10-6-1-3-7(4-2-6)12-5-8-13-14-9(16)15(8)11/h1-4,12H,5,11H2,(H,14,16). The molecule has 0 fully saturated rings. The highest BCUT2D eigenvalue weighted by Crippen LogP contribution is 2.13. The van der Waals surface area contributed by atoms with Gasteiger partial charge in [-0.05, 0) is 36.5 Å². The van der Waals surface area contributed by atoms with Crippen LogP contribution in [0.1, 0.15) is 5.82 Å². The number of aromatic nitrogens is 3. The monoisotopic (exact) mass is 255 g/mol. The van der Waals surface area contributed by atoms with Gasteiger partial charge in [-0.15, -0.1) is 0 Å². The second-order valence-corrected chi connectivity index (χ2v) is 4.00. The Morgan fingerprint density at radius 2 is 2.12 bits per heavy atom. The summed E-state index contributed by atoms with van der Waals surface area (Å²) in [7, 11) is 0. The quantitative estimate of drug-likeness (QED) is 0.579. The molecule has 1 aromatic carbocycles. The molecule has 5 nitrogen and oxygen atoms in total. The maximum atomic E-state index is 5.77. The number of aromatic amines is 1. The molecule has 84 valence electrons. The van der Waals surface area contributed by atoms with Crippen molar-refractivity contribution in [3.05, 3.63) is 39.9 Å². The molecule has 2 rings (SSSR count). The van der Waals surface area contributed by atoms with E-state index in [0.29, 0.717) is 22.2 Å². The van der Waals surface area contributed by atoms with Crippen LogP contribution in [0.4, 0.5) is 5.69 Å². The number of anilines is 1. The van der Waals surface area contributed by atoms with Gasteiger partial charge in [0.25, 0.3) is 0 Å². The molecule has 0 radical (unpaired) electrons. The van der Waals surface area contributed by atoms with Gasteiger partial charge < -0.3 is 11.2 Å². The van der Waals surface area contributed by atoms with Crippen LogP contribution in [-0.4, -0.2) is 14.9 Å². The Morgan fingerprint density at radius 3 is 2.69 bits per heavy atom. The third-order valence-corrected chi connectivity index (χ3v) is 2.61. The minimum absolute atomic E-state index is 0.396. The molecule has 4 N–H and O–H groups in total. The topological polar surface area (TPSA) is 71.7 Å². The third kappa shape index (κ3) is 2.34. The van der Waals surface area contributed by atoms with Gasteiger partial charge in [-0.3, -0.25) is 5.10 Å². The third-order valence-electron chi connectivity index (χ3n) is 2.07. The average molecular weight is 256 g/mol. The fraction of sp³-hybridized carbons (Fsp3) is 0.111. The van der Waals surface area contributed by atoms with Crippen LogP contribution >= 0.6 is 23.8 Å². The van der Waals surface area contributed by atoms with Gasteiger partial charge in [0.15, 0.2) is 5.82 Å². The van der Waals surface area contributed by atoms with E-state index in [1.165, 1.54) is 4.68 Å². The van der Waals surface area contributed by atoms with E-state index in [1.54, 1.807) is 0 Å². The van der Waals surface area contributed by atoms with Crippen molar-refractivity contribution in [3.63, 3.8) is 0 Å². The first-order chi connectivity index (χ1) is 7.66. The van der Waals surface area contributed by atoms with E-state index < -0.39 is 0 Å². The molecule has 0 spiro atoms. The van der Waals surface area contributed by atoms with Crippen LogP contribution < -0.4 is 11.2 Å². The number of rotatable bonds is 3. The summed E-state index contributed by atoms with van der Waals surface area (Å²) >= 11 is 10.7. The molecule has 7 heteroatoms. The number of nitrogen functional groups attached to an aromatic ring is 1. The fourth-order valence-electron chi connectivity index (χ4n) is 1.21. The van der Waals surface area contributed by atoms with E-state index in [2.05, 4.69) is 15.5 Å². The van der Waals surface area contributed by atoms with Gasteiger partial charge in [-0.2, -0.15) is 5.10 Å². The SMILES string of the molecule is Nn1c(CNc2ccc(Cl)cc2)n[nH]c1=S. The smallest absolute Gasteiger partial charge is 0.214 e. The Balaban J connectivity index is 2.05. The molecule has 0 atom stereocenters. The summed E-state index contributed by atoms with van der Waals surface area (Å²) in [5.41, 5.74) is 0.943. The first kappa shape index (κ1) is 11.0. The molecule has 0 amide bonds. The van der Waals surface area contributed by atoms with Gasteiger partial charge in [-0.1, -0.05) is 11.6 Å². The Hall–Kier alpha value is -1.53. The Kier molecular flexibility index (Phi) is 3.12. The Morgan fingerprint density at radius 1 is 1.44 bits per heavy atom. The van der Waals surface area contributed by atoms with Crippen LogP contribution in [-0.2, 0) is 6.54 Å². The number of halogens is 1. The highest BCUT2D eigenvalue weighted by Gasteiger charge is 2.02. The molecule has 0 aliphatic rings. The minimum atomic E-state index is 0.396. The van der Waals surface area contributed by atoms with Crippen molar-refractivity contribution >= 4 is 29.5 Å². The summed E-state index contributed by atoms with van der Waals surface area (Å²) in [5, 5.41) is 10.4. The summed E-state index contributed by atoms with van der Waals surface area (Å²) < 4.78 is 1.73. The van der Waals surface area contributed by atoms with Crippen molar-refractivity contribution in [1.82, 2.24) is 14.9 Å². The van der Waals surface area contributed by atoms with Crippen LogP contribution in [0.25, 0.3) is 0 Å². The molecular formula is C9H10ClN5S. The van der Waals surface area contributed by atoms with Crippen LogP contribution in [0.3, 0.4) is 0 Å². The van der Waals surface area contributed by atoms with Crippen LogP contribution in [0.2, 0.25) is 5.02 Å². The molecule has 0 aliphatic carbocycles. The molecule has 0 saturated carbocycles. The zero-order valence-electron chi connectivity index (χ0n) is 8.27. The van der Waals surface area contributed by atoms with Crippen LogP contribution in [0.5, 0.6) is 0 Å². The molecule has 1 aromatic heterocycles. The summed E-state index contributed by atoms with van der Waals surface area (Å²) in [4.78, 5) is 0. The highest BCUT2D eigenvalue weighted by atomic mass is 35.5. The van der Waals surface area contributed by atoms with Crippen LogP contribution in [0, 0.1) is 4.77 Å². The average Bonchev–Trinajstić information content (AvgIpc) is 2.60. The van der Waals surface area contributed by atoms with Crippen molar-refractivity contribution in [3.8, 4) is 0 Å². The predicted molar refractivity (Wildman–Crippen MR) is 66.3 cm³/mol. The predicted octanol–water partition coefficient (Wildman–Crippen LogP) is 1.92. The lowest BCUT2D eigenvalue weighted by atomic mass is 10.3. The van der Waals surface area contributed by atoms with E-state index in [-0.39, 0.29) is 0 Å². The van der Waals surface area contributed by atoms with E-state index in [0.717, 1.165) is 5.69 Å². The molecule has 2 aromatic rings. The number of benzene rings is 1. The maximum absolute atomic E-state index is 5.77. The van der Waals surface area contributed by atoms with Gasteiger partial charge >= 0.3 is 0 Å². The molecule has 1 heterocycles. The first-order valence-electron chi connectivity index (χ1n) is 4.57. The zero-order valence-corrected chi connectivity index (χ0v) is 9.85. The molecule has 0 unspecified atom stereocenters. The molecular weight excluding hydrogens is 246 g/mol. The van der Waals surface area contributed by atoms with Crippen LogP contribution in [0.15, 0.2) is 24.3 Å². The van der Waals surface area contributed by atoms with E-state index >= 15 is 0 Å². The molecule has 0 aliphatic heterocycles. The fourth-order valence-corrected chi connectivity index (χ4v) is 1.49. The van der Waals surface area contributed by atoms with Crippen molar-refractivity contribution in [2.45, 2.75) is 6.54 Å². The largest absolute Gasteiger partial charge is 0.378 e. The highest BCUT2D eigenvalue weighted by molar-refractivity contribution is 7.71. The van der Waals surface area contributed by atoms with Gasteiger partial charge in [0.1, 0.15) is 0 Å².